The van der Waals surface area contributed by atoms with Crippen molar-refractivity contribution in [1.82, 2.24) is 14.2 Å². The normalized spacial score (nSPS) is 17.7. The van der Waals surface area contributed by atoms with Crippen LogP contribution in [0, 0.1) is 11.3 Å². The van der Waals surface area contributed by atoms with Crippen LogP contribution in [0.5, 0.6) is 0 Å². The number of ether oxygens (including phenoxy) is 1. The largest absolute Gasteiger partial charge is 0.388 e. The Morgan fingerprint density at radius 2 is 1.80 bits per heavy atom. The minimum atomic E-state index is -0.848. The smallest absolute Gasteiger partial charge is 0.257 e. The second kappa shape index (κ2) is 11.8. The minimum Gasteiger partial charge on any atom is -0.388 e. The van der Waals surface area contributed by atoms with E-state index in [1.165, 1.54) is 0 Å². The molecule has 40 heavy (non-hydrogen) atoms. The SMILES string of the molecule is CCCc1c(Cc2ccc(-c3ccccc3C#N)cc2)c(=O)n(C2CCC(OCC(C)(C)O)CC2)c2ccnn12. The second-order valence-electron chi connectivity index (χ2n) is 11.5. The van der Waals surface area contributed by atoms with Crippen molar-refractivity contribution in [3.8, 4) is 17.2 Å². The Balaban J connectivity index is 1.45. The number of hydrogen-bond donors (Lipinski definition) is 1. The number of fused-ring (bicyclic) bond motifs is 1. The number of rotatable bonds is 9. The summed E-state index contributed by atoms with van der Waals surface area (Å²) in [5, 5.41) is 24.2. The molecule has 2 aromatic carbocycles. The van der Waals surface area contributed by atoms with Crippen LogP contribution >= 0.6 is 0 Å². The summed E-state index contributed by atoms with van der Waals surface area (Å²) in [6.07, 6.45) is 7.49. The van der Waals surface area contributed by atoms with E-state index in [4.69, 9.17) is 4.74 Å². The Morgan fingerprint density at radius 1 is 1.07 bits per heavy atom. The average Bonchev–Trinajstić information content (AvgIpc) is 3.44. The van der Waals surface area contributed by atoms with Crippen molar-refractivity contribution in [3.63, 3.8) is 0 Å². The molecular formula is C33H38N4O3. The van der Waals surface area contributed by atoms with E-state index < -0.39 is 5.60 Å². The van der Waals surface area contributed by atoms with Crippen molar-refractivity contribution in [1.29, 1.82) is 5.26 Å². The maximum atomic E-state index is 14.2. The van der Waals surface area contributed by atoms with Crippen LogP contribution in [-0.4, -0.2) is 37.6 Å². The highest BCUT2D eigenvalue weighted by Crippen LogP contribution is 2.32. The van der Waals surface area contributed by atoms with Crippen molar-refractivity contribution < 1.29 is 9.84 Å². The van der Waals surface area contributed by atoms with Gasteiger partial charge in [0.15, 0.2) is 0 Å². The van der Waals surface area contributed by atoms with Crippen molar-refractivity contribution in [2.24, 2.45) is 0 Å². The number of nitriles is 1. The molecule has 0 amide bonds. The van der Waals surface area contributed by atoms with Gasteiger partial charge in [0.25, 0.3) is 5.56 Å². The Bertz CT molecular complexity index is 1560. The highest BCUT2D eigenvalue weighted by molar-refractivity contribution is 5.70. The standard InChI is InChI=1S/C33H38N4O3/c1-4-7-30-29(20-23-10-12-24(13-11-23)28-9-6-5-8-25(28)21-34)32(38)36(31-18-19-35-37(30)31)26-14-16-27(17-15-26)40-22-33(2,3)39/h5-6,8-13,18-19,26-27,39H,4,7,14-17,20,22H2,1-3H3. The third-order valence-corrected chi connectivity index (χ3v) is 7.81. The first-order valence-electron chi connectivity index (χ1n) is 14.3. The lowest BCUT2D eigenvalue weighted by atomic mass is 9.92. The first kappa shape index (κ1) is 27.8. The van der Waals surface area contributed by atoms with E-state index >= 15 is 0 Å². The number of nitrogens with zero attached hydrogens (tertiary/aromatic N) is 4. The molecule has 7 nitrogen and oxygen atoms in total. The molecule has 1 fully saturated rings. The van der Waals surface area contributed by atoms with Crippen LogP contribution in [0.15, 0.2) is 65.6 Å². The van der Waals surface area contributed by atoms with Gasteiger partial charge in [0.2, 0.25) is 0 Å². The molecule has 1 saturated carbocycles. The molecule has 2 aromatic heterocycles. The van der Waals surface area contributed by atoms with Gasteiger partial charge in [-0.25, -0.2) is 4.52 Å². The Kier molecular flexibility index (Phi) is 8.20. The third kappa shape index (κ3) is 5.89. The number of aliphatic hydroxyl groups is 1. The van der Waals surface area contributed by atoms with Crippen LogP contribution in [0.3, 0.4) is 0 Å². The van der Waals surface area contributed by atoms with Crippen LogP contribution in [0.2, 0.25) is 0 Å². The molecule has 0 aliphatic heterocycles. The Hall–Kier alpha value is -3.73. The summed E-state index contributed by atoms with van der Waals surface area (Å²) in [6, 6.07) is 20.1. The van der Waals surface area contributed by atoms with Gasteiger partial charge in [-0.05, 0) is 68.7 Å². The van der Waals surface area contributed by atoms with Gasteiger partial charge in [-0.3, -0.25) is 9.36 Å². The van der Waals surface area contributed by atoms with Gasteiger partial charge in [0.1, 0.15) is 5.65 Å². The van der Waals surface area contributed by atoms with Gasteiger partial charge in [0, 0.05) is 24.1 Å². The number of aromatic nitrogens is 3. The average molecular weight is 539 g/mol. The predicted octanol–water partition coefficient (Wildman–Crippen LogP) is 5.85. The Morgan fingerprint density at radius 3 is 2.48 bits per heavy atom. The van der Waals surface area contributed by atoms with Crippen LogP contribution in [-0.2, 0) is 17.6 Å². The number of aryl methyl sites for hydroxylation is 1. The lowest BCUT2D eigenvalue weighted by Gasteiger charge is -2.32. The lowest BCUT2D eigenvalue weighted by Crippen LogP contribution is -2.36. The zero-order valence-corrected chi connectivity index (χ0v) is 23.6. The van der Waals surface area contributed by atoms with Gasteiger partial charge >= 0.3 is 0 Å². The first-order chi connectivity index (χ1) is 19.3. The molecule has 0 saturated heterocycles. The summed E-state index contributed by atoms with van der Waals surface area (Å²) >= 11 is 0. The fraction of sp³-hybridized carbons (Fsp3) is 0.424. The molecule has 7 heteroatoms. The Labute approximate surface area is 235 Å². The van der Waals surface area contributed by atoms with E-state index in [-0.39, 0.29) is 17.7 Å². The molecule has 1 N–H and O–H groups in total. The van der Waals surface area contributed by atoms with Crippen molar-refractivity contribution >= 4 is 5.65 Å². The van der Waals surface area contributed by atoms with Gasteiger partial charge in [-0.2, -0.15) is 10.4 Å². The highest BCUT2D eigenvalue weighted by Gasteiger charge is 2.28. The molecule has 5 rings (SSSR count). The predicted molar refractivity (Wildman–Crippen MR) is 156 cm³/mol. The van der Waals surface area contributed by atoms with Gasteiger partial charge in [-0.1, -0.05) is 55.8 Å². The molecule has 0 radical (unpaired) electrons. The third-order valence-electron chi connectivity index (χ3n) is 7.81. The molecule has 2 heterocycles. The fourth-order valence-electron chi connectivity index (χ4n) is 5.84. The van der Waals surface area contributed by atoms with Crippen LogP contribution in [0.25, 0.3) is 16.8 Å². The van der Waals surface area contributed by atoms with Gasteiger partial charge < -0.3 is 9.84 Å². The fourth-order valence-corrected chi connectivity index (χ4v) is 5.84. The zero-order valence-electron chi connectivity index (χ0n) is 23.6. The second-order valence-corrected chi connectivity index (χ2v) is 11.5. The van der Waals surface area contributed by atoms with Crippen molar-refractivity contribution in [2.75, 3.05) is 6.61 Å². The monoisotopic (exact) mass is 538 g/mol. The molecule has 0 spiro atoms. The maximum absolute atomic E-state index is 14.2. The summed E-state index contributed by atoms with van der Waals surface area (Å²) in [6.45, 7) is 5.95. The van der Waals surface area contributed by atoms with E-state index in [1.54, 1.807) is 20.0 Å². The van der Waals surface area contributed by atoms with Gasteiger partial charge in [0.05, 0.1) is 41.8 Å². The molecule has 1 aliphatic rings. The van der Waals surface area contributed by atoms with Crippen molar-refractivity contribution in [2.45, 2.75) is 83.5 Å². The first-order valence-corrected chi connectivity index (χ1v) is 14.3. The number of hydrogen-bond acceptors (Lipinski definition) is 5. The molecule has 0 atom stereocenters. The summed E-state index contributed by atoms with van der Waals surface area (Å²) < 4.78 is 9.90. The van der Waals surface area contributed by atoms with Crippen molar-refractivity contribution in [3.05, 3.63) is 93.5 Å². The topological polar surface area (TPSA) is 92.5 Å². The highest BCUT2D eigenvalue weighted by atomic mass is 16.5. The van der Waals surface area contributed by atoms with Crippen LogP contribution < -0.4 is 5.56 Å². The van der Waals surface area contributed by atoms with E-state index in [9.17, 15) is 15.2 Å². The molecular weight excluding hydrogens is 500 g/mol. The molecule has 4 aromatic rings. The van der Waals surface area contributed by atoms with Crippen LogP contribution in [0.4, 0.5) is 0 Å². The summed E-state index contributed by atoms with van der Waals surface area (Å²) in [5.41, 5.74) is 5.43. The van der Waals surface area contributed by atoms with E-state index in [1.807, 2.05) is 51.5 Å². The summed E-state index contributed by atoms with van der Waals surface area (Å²) in [7, 11) is 0. The lowest BCUT2D eigenvalue weighted by molar-refractivity contribution is -0.0654. The molecule has 0 bridgehead atoms. The summed E-state index contributed by atoms with van der Waals surface area (Å²) in [4.78, 5) is 14.2. The maximum Gasteiger partial charge on any atom is 0.257 e. The number of benzene rings is 2. The van der Waals surface area contributed by atoms with Crippen LogP contribution in [0.1, 0.15) is 81.3 Å². The van der Waals surface area contributed by atoms with E-state index in [0.29, 0.717) is 18.6 Å². The molecule has 0 unspecified atom stereocenters. The molecule has 1 aliphatic carbocycles. The quantitative estimate of drug-likeness (QED) is 0.289. The zero-order chi connectivity index (χ0) is 28.3. The minimum absolute atomic E-state index is 0.0659. The molecule has 208 valence electrons. The van der Waals surface area contributed by atoms with E-state index in [2.05, 4.69) is 30.2 Å². The van der Waals surface area contributed by atoms with E-state index in [0.717, 1.165) is 72.1 Å². The summed E-state index contributed by atoms with van der Waals surface area (Å²) in [5.74, 6) is 0. The van der Waals surface area contributed by atoms with Gasteiger partial charge in [-0.15, -0.1) is 0 Å².